The van der Waals surface area contributed by atoms with E-state index in [0.717, 1.165) is 22.4 Å². The second-order valence-corrected chi connectivity index (χ2v) is 4.50. The Kier molecular flexibility index (Phi) is 3.03. The molecule has 1 N–H and O–H groups in total. The van der Waals surface area contributed by atoms with E-state index in [4.69, 9.17) is 5.26 Å². The normalized spacial score (nSPS) is 10.1. The van der Waals surface area contributed by atoms with Gasteiger partial charge in [-0.15, -0.1) is 0 Å². The van der Waals surface area contributed by atoms with Gasteiger partial charge in [0.15, 0.2) is 0 Å². The van der Waals surface area contributed by atoms with Crippen molar-refractivity contribution in [1.82, 2.24) is 4.98 Å². The van der Waals surface area contributed by atoms with Gasteiger partial charge < -0.3 is 4.98 Å². The van der Waals surface area contributed by atoms with E-state index in [-0.39, 0.29) is 11.1 Å². The fourth-order valence-electron chi connectivity index (χ4n) is 2.31. The van der Waals surface area contributed by atoms with Gasteiger partial charge in [0, 0.05) is 11.3 Å². The fourth-order valence-corrected chi connectivity index (χ4v) is 2.31. The zero-order valence-electron chi connectivity index (χ0n) is 10.7. The number of hydrogen-bond donors (Lipinski definition) is 1. The number of benzene rings is 1. The summed E-state index contributed by atoms with van der Waals surface area (Å²) in [5, 5.41) is 8.76. The molecule has 18 heavy (non-hydrogen) atoms. The first-order chi connectivity index (χ1) is 8.52. The molecule has 0 aliphatic heterocycles. The number of pyridine rings is 1. The highest BCUT2D eigenvalue weighted by molar-refractivity contribution is 5.68. The predicted molar refractivity (Wildman–Crippen MR) is 71.4 cm³/mol. The second kappa shape index (κ2) is 4.50. The highest BCUT2D eigenvalue weighted by Gasteiger charge is 2.08. The maximum absolute atomic E-state index is 11.7. The lowest BCUT2D eigenvalue weighted by atomic mass is 9.97. The third kappa shape index (κ3) is 2.05. The van der Waals surface area contributed by atoms with Crippen LogP contribution in [0.5, 0.6) is 0 Å². The number of aromatic amines is 1. The monoisotopic (exact) mass is 238 g/mol. The Morgan fingerprint density at radius 2 is 1.72 bits per heavy atom. The highest BCUT2D eigenvalue weighted by Crippen LogP contribution is 2.26. The third-order valence-corrected chi connectivity index (χ3v) is 2.98. The van der Waals surface area contributed by atoms with Gasteiger partial charge in [0.1, 0.15) is 11.6 Å². The smallest absolute Gasteiger partial charge is 0.266 e. The lowest BCUT2D eigenvalue weighted by Crippen LogP contribution is -2.10. The van der Waals surface area contributed by atoms with E-state index < -0.39 is 0 Å². The maximum Gasteiger partial charge on any atom is 0.266 e. The summed E-state index contributed by atoms with van der Waals surface area (Å²) in [5.41, 5.74) is 5.03. The molecular weight excluding hydrogens is 224 g/mol. The van der Waals surface area contributed by atoms with Crippen LogP contribution < -0.4 is 5.56 Å². The zero-order chi connectivity index (χ0) is 13.3. The van der Waals surface area contributed by atoms with Crippen molar-refractivity contribution >= 4 is 0 Å². The van der Waals surface area contributed by atoms with E-state index in [1.807, 2.05) is 26.8 Å². The van der Waals surface area contributed by atoms with Crippen LogP contribution in [0.1, 0.15) is 22.3 Å². The van der Waals surface area contributed by atoms with Gasteiger partial charge in [-0.05, 0) is 44.0 Å². The molecule has 3 heteroatoms. The zero-order valence-corrected chi connectivity index (χ0v) is 10.7. The summed E-state index contributed by atoms with van der Waals surface area (Å²) < 4.78 is 0. The number of nitriles is 1. The van der Waals surface area contributed by atoms with E-state index in [9.17, 15) is 4.79 Å². The molecule has 2 rings (SSSR count). The molecule has 3 nitrogen and oxygen atoms in total. The summed E-state index contributed by atoms with van der Waals surface area (Å²) in [7, 11) is 0. The van der Waals surface area contributed by atoms with Crippen LogP contribution in [0.3, 0.4) is 0 Å². The van der Waals surface area contributed by atoms with Crippen molar-refractivity contribution in [3.05, 3.63) is 56.9 Å². The first-order valence-electron chi connectivity index (χ1n) is 5.74. The molecule has 0 bridgehead atoms. The molecule has 0 aliphatic carbocycles. The summed E-state index contributed by atoms with van der Waals surface area (Å²) >= 11 is 0. The molecule has 0 amide bonds. The van der Waals surface area contributed by atoms with Crippen LogP contribution in [0.15, 0.2) is 29.1 Å². The van der Waals surface area contributed by atoms with Gasteiger partial charge in [-0.25, -0.2) is 0 Å². The molecular formula is C15H14N2O. The summed E-state index contributed by atoms with van der Waals surface area (Å²) in [6.45, 7) is 6.09. The first kappa shape index (κ1) is 12.1. The van der Waals surface area contributed by atoms with Gasteiger partial charge in [0.2, 0.25) is 0 Å². The van der Waals surface area contributed by atoms with Crippen molar-refractivity contribution in [2.75, 3.05) is 0 Å². The van der Waals surface area contributed by atoms with Gasteiger partial charge in [-0.1, -0.05) is 17.7 Å². The second-order valence-electron chi connectivity index (χ2n) is 4.50. The summed E-state index contributed by atoms with van der Waals surface area (Å²) in [6, 6.07) is 9.38. The highest BCUT2D eigenvalue weighted by atomic mass is 16.1. The molecule has 0 saturated heterocycles. The molecule has 90 valence electrons. The van der Waals surface area contributed by atoms with Crippen LogP contribution in [0.4, 0.5) is 0 Å². The Morgan fingerprint density at radius 3 is 2.22 bits per heavy atom. The Hall–Kier alpha value is -2.34. The number of aromatic nitrogens is 1. The van der Waals surface area contributed by atoms with Crippen molar-refractivity contribution in [3.63, 3.8) is 0 Å². The Balaban J connectivity index is 2.67. The Labute approximate surface area is 106 Å². The molecule has 0 aliphatic rings. The lowest BCUT2D eigenvalue weighted by molar-refractivity contribution is 1.20. The molecule has 0 fully saturated rings. The van der Waals surface area contributed by atoms with Crippen LogP contribution >= 0.6 is 0 Å². The molecule has 0 saturated carbocycles. The first-order valence-corrected chi connectivity index (χ1v) is 5.74. The van der Waals surface area contributed by atoms with E-state index in [2.05, 4.69) is 17.1 Å². The SMILES string of the molecule is Cc1cc(C)c(-c2ccc(C#N)c(=O)[nH]2)c(C)c1. The van der Waals surface area contributed by atoms with Gasteiger partial charge >= 0.3 is 0 Å². The molecule has 1 heterocycles. The van der Waals surface area contributed by atoms with Crippen molar-refractivity contribution in [2.45, 2.75) is 20.8 Å². The van der Waals surface area contributed by atoms with Gasteiger partial charge in [0.25, 0.3) is 5.56 Å². The van der Waals surface area contributed by atoms with E-state index in [0.29, 0.717) is 0 Å². The average Bonchev–Trinajstić information content (AvgIpc) is 2.27. The van der Waals surface area contributed by atoms with Crippen LogP contribution in [0.2, 0.25) is 0 Å². The van der Waals surface area contributed by atoms with Gasteiger partial charge in [-0.2, -0.15) is 5.26 Å². The van der Waals surface area contributed by atoms with Crippen molar-refractivity contribution in [1.29, 1.82) is 5.26 Å². The van der Waals surface area contributed by atoms with E-state index in [1.54, 1.807) is 12.1 Å². The summed E-state index contributed by atoms with van der Waals surface area (Å²) in [6.07, 6.45) is 0. The van der Waals surface area contributed by atoms with Crippen molar-refractivity contribution < 1.29 is 0 Å². The predicted octanol–water partition coefficient (Wildman–Crippen LogP) is 2.84. The molecule has 1 aromatic heterocycles. The fraction of sp³-hybridized carbons (Fsp3) is 0.200. The number of aryl methyl sites for hydroxylation is 3. The average molecular weight is 238 g/mol. The van der Waals surface area contributed by atoms with Gasteiger partial charge in [0.05, 0.1) is 0 Å². The molecule has 1 aromatic carbocycles. The van der Waals surface area contributed by atoms with Crippen LogP contribution in [0, 0.1) is 32.1 Å². The number of H-pyrrole nitrogens is 1. The topological polar surface area (TPSA) is 56.6 Å². The lowest BCUT2D eigenvalue weighted by Gasteiger charge is -2.11. The minimum absolute atomic E-state index is 0.140. The maximum atomic E-state index is 11.7. The van der Waals surface area contributed by atoms with Crippen LogP contribution in [-0.4, -0.2) is 4.98 Å². The summed E-state index contributed by atoms with van der Waals surface area (Å²) in [5.74, 6) is 0. The Bertz CT molecular complexity index is 682. The van der Waals surface area contributed by atoms with Crippen LogP contribution in [-0.2, 0) is 0 Å². The number of rotatable bonds is 1. The number of nitrogens with zero attached hydrogens (tertiary/aromatic N) is 1. The van der Waals surface area contributed by atoms with Gasteiger partial charge in [-0.3, -0.25) is 4.79 Å². The minimum atomic E-state index is -0.339. The standard InChI is InChI=1S/C15H14N2O/c1-9-6-10(2)14(11(3)7-9)13-5-4-12(8-16)15(18)17-13/h4-7H,1-3H3,(H,17,18). The van der Waals surface area contributed by atoms with E-state index >= 15 is 0 Å². The number of nitrogens with one attached hydrogen (secondary N) is 1. The van der Waals surface area contributed by atoms with E-state index in [1.165, 1.54) is 5.56 Å². The molecule has 0 spiro atoms. The van der Waals surface area contributed by atoms with Crippen LogP contribution in [0.25, 0.3) is 11.3 Å². The quantitative estimate of drug-likeness (QED) is 0.830. The molecule has 0 atom stereocenters. The largest absolute Gasteiger partial charge is 0.321 e. The number of hydrogen-bond acceptors (Lipinski definition) is 2. The molecule has 0 radical (unpaired) electrons. The van der Waals surface area contributed by atoms with Crippen molar-refractivity contribution in [2.24, 2.45) is 0 Å². The Morgan fingerprint density at radius 1 is 1.11 bits per heavy atom. The summed E-state index contributed by atoms with van der Waals surface area (Å²) in [4.78, 5) is 14.4. The molecule has 2 aromatic rings. The third-order valence-electron chi connectivity index (χ3n) is 2.98. The molecule has 0 unspecified atom stereocenters. The minimum Gasteiger partial charge on any atom is -0.321 e. The van der Waals surface area contributed by atoms with Crippen molar-refractivity contribution in [3.8, 4) is 17.3 Å².